The van der Waals surface area contributed by atoms with Crippen molar-refractivity contribution in [2.24, 2.45) is 0 Å². The van der Waals surface area contributed by atoms with Gasteiger partial charge in [-0.15, -0.1) is 0 Å². The van der Waals surface area contributed by atoms with Gasteiger partial charge in [-0.1, -0.05) is 11.6 Å². The van der Waals surface area contributed by atoms with Crippen molar-refractivity contribution in [2.75, 3.05) is 0 Å². The molecule has 96 valence electrons. The van der Waals surface area contributed by atoms with E-state index in [9.17, 15) is 4.79 Å². The number of fused-ring (bicyclic) bond motifs is 1. The maximum Gasteiger partial charge on any atom is 0.420 e. The standard InChI is InChI=1S/C11H11ClIN3O2/c1-11(2,3)18-10(17)16-4-6(13)7-8(12)14-5-15-9(7)16/h4-5H,1-3H3. The zero-order valence-electron chi connectivity index (χ0n) is 10.1. The number of halogens is 2. The topological polar surface area (TPSA) is 57.0 Å². The van der Waals surface area contributed by atoms with Gasteiger partial charge in [0.2, 0.25) is 0 Å². The summed E-state index contributed by atoms with van der Waals surface area (Å²) in [5.74, 6) is 0. The molecule has 0 bridgehead atoms. The van der Waals surface area contributed by atoms with Crippen LogP contribution in [0, 0.1) is 3.57 Å². The van der Waals surface area contributed by atoms with E-state index in [0.717, 1.165) is 3.57 Å². The molecule has 2 heterocycles. The number of hydrogen-bond donors (Lipinski definition) is 0. The van der Waals surface area contributed by atoms with Crippen molar-refractivity contribution in [1.82, 2.24) is 14.5 Å². The van der Waals surface area contributed by atoms with E-state index in [1.54, 1.807) is 6.20 Å². The third kappa shape index (κ3) is 2.59. The first-order valence-corrected chi connectivity index (χ1v) is 6.65. The van der Waals surface area contributed by atoms with Crippen LogP contribution in [0.3, 0.4) is 0 Å². The summed E-state index contributed by atoms with van der Waals surface area (Å²) in [5.41, 5.74) is -0.107. The van der Waals surface area contributed by atoms with Crippen LogP contribution in [-0.2, 0) is 4.74 Å². The van der Waals surface area contributed by atoms with Crippen LogP contribution in [0.2, 0.25) is 5.15 Å². The summed E-state index contributed by atoms with van der Waals surface area (Å²) in [5, 5.41) is 0.984. The molecule has 0 aromatic carbocycles. The summed E-state index contributed by atoms with van der Waals surface area (Å²) in [6.07, 6.45) is 2.48. The molecule has 2 rings (SSSR count). The van der Waals surface area contributed by atoms with Gasteiger partial charge in [0.05, 0.1) is 5.39 Å². The summed E-state index contributed by atoms with van der Waals surface area (Å²) >= 11 is 8.07. The smallest absolute Gasteiger partial charge is 0.420 e. The van der Waals surface area contributed by atoms with E-state index in [1.165, 1.54) is 10.9 Å². The second-order valence-electron chi connectivity index (χ2n) is 4.69. The van der Waals surface area contributed by atoms with Gasteiger partial charge in [-0.25, -0.2) is 19.3 Å². The van der Waals surface area contributed by atoms with Crippen LogP contribution >= 0.6 is 34.2 Å². The molecule has 0 spiro atoms. The minimum atomic E-state index is -0.560. The number of hydrogen-bond acceptors (Lipinski definition) is 4. The monoisotopic (exact) mass is 379 g/mol. The number of nitrogens with zero attached hydrogens (tertiary/aromatic N) is 3. The lowest BCUT2D eigenvalue weighted by molar-refractivity contribution is 0.0543. The van der Waals surface area contributed by atoms with E-state index in [0.29, 0.717) is 16.2 Å². The molecule has 7 heteroatoms. The predicted octanol–water partition coefficient (Wildman–Crippen LogP) is 3.47. The number of ether oxygens (including phenoxy) is 1. The van der Waals surface area contributed by atoms with Gasteiger partial charge in [0.15, 0.2) is 5.65 Å². The maximum absolute atomic E-state index is 12.0. The highest BCUT2D eigenvalue weighted by molar-refractivity contribution is 14.1. The molecule has 0 atom stereocenters. The lowest BCUT2D eigenvalue weighted by atomic mass is 10.2. The molecule has 18 heavy (non-hydrogen) atoms. The fourth-order valence-corrected chi connectivity index (χ4v) is 2.60. The first kappa shape index (κ1) is 13.5. The van der Waals surface area contributed by atoms with Crippen LogP contribution in [0.5, 0.6) is 0 Å². The van der Waals surface area contributed by atoms with Gasteiger partial charge in [0, 0.05) is 9.77 Å². The zero-order valence-corrected chi connectivity index (χ0v) is 13.0. The van der Waals surface area contributed by atoms with Crippen molar-refractivity contribution in [3.8, 4) is 0 Å². The van der Waals surface area contributed by atoms with Gasteiger partial charge >= 0.3 is 6.09 Å². The molecule has 0 aliphatic heterocycles. The SMILES string of the molecule is CC(C)(C)OC(=O)n1cc(I)c2c(Cl)ncnc21. The lowest BCUT2D eigenvalue weighted by Crippen LogP contribution is -2.26. The van der Waals surface area contributed by atoms with Crippen molar-refractivity contribution in [2.45, 2.75) is 26.4 Å². The van der Waals surface area contributed by atoms with Crippen molar-refractivity contribution < 1.29 is 9.53 Å². The number of carbonyl (C=O) groups excluding carboxylic acids is 1. The fraction of sp³-hybridized carbons (Fsp3) is 0.364. The minimum Gasteiger partial charge on any atom is -0.443 e. The summed E-state index contributed by atoms with van der Waals surface area (Å²) in [6, 6.07) is 0. The molecule has 0 aliphatic rings. The van der Waals surface area contributed by atoms with Crippen LogP contribution in [-0.4, -0.2) is 26.2 Å². The van der Waals surface area contributed by atoms with Crippen molar-refractivity contribution in [3.05, 3.63) is 21.2 Å². The average Bonchev–Trinajstić information content (AvgIpc) is 2.55. The zero-order chi connectivity index (χ0) is 13.5. The first-order valence-electron chi connectivity index (χ1n) is 5.20. The molecular formula is C11H11ClIN3O2. The van der Waals surface area contributed by atoms with E-state index < -0.39 is 11.7 Å². The Bertz CT molecular complexity index is 619. The molecule has 2 aromatic rings. The molecule has 0 saturated heterocycles. The van der Waals surface area contributed by atoms with E-state index >= 15 is 0 Å². The fourth-order valence-electron chi connectivity index (χ4n) is 1.43. The Morgan fingerprint density at radius 1 is 1.44 bits per heavy atom. The third-order valence-electron chi connectivity index (χ3n) is 2.08. The molecule has 0 aliphatic carbocycles. The number of aromatic nitrogens is 3. The Balaban J connectivity index is 2.53. The second kappa shape index (κ2) is 4.65. The van der Waals surface area contributed by atoms with Crippen LogP contribution < -0.4 is 0 Å². The highest BCUT2D eigenvalue weighted by atomic mass is 127. The first-order chi connectivity index (χ1) is 8.29. The molecule has 0 saturated carbocycles. The van der Waals surface area contributed by atoms with Gasteiger partial charge in [-0.05, 0) is 43.4 Å². The largest absolute Gasteiger partial charge is 0.443 e. The molecule has 2 aromatic heterocycles. The number of rotatable bonds is 0. The van der Waals surface area contributed by atoms with Gasteiger partial charge in [0.25, 0.3) is 0 Å². The van der Waals surface area contributed by atoms with Crippen molar-refractivity contribution >= 4 is 51.3 Å². The van der Waals surface area contributed by atoms with Gasteiger partial charge in [-0.3, -0.25) is 0 Å². The van der Waals surface area contributed by atoms with E-state index in [1.807, 2.05) is 20.8 Å². The van der Waals surface area contributed by atoms with E-state index in [2.05, 4.69) is 32.6 Å². The van der Waals surface area contributed by atoms with Crippen LogP contribution in [0.1, 0.15) is 20.8 Å². The maximum atomic E-state index is 12.0. The molecule has 0 amide bonds. The highest BCUT2D eigenvalue weighted by Gasteiger charge is 2.22. The van der Waals surface area contributed by atoms with Crippen molar-refractivity contribution in [1.29, 1.82) is 0 Å². The Morgan fingerprint density at radius 3 is 2.72 bits per heavy atom. The Hall–Kier alpha value is -0.890. The molecular weight excluding hydrogens is 368 g/mol. The van der Waals surface area contributed by atoms with Crippen molar-refractivity contribution in [3.63, 3.8) is 0 Å². The van der Waals surface area contributed by atoms with Gasteiger partial charge in [-0.2, -0.15) is 0 Å². The van der Waals surface area contributed by atoms with E-state index in [4.69, 9.17) is 16.3 Å². The Morgan fingerprint density at radius 2 is 2.11 bits per heavy atom. The Labute approximate surface area is 123 Å². The summed E-state index contributed by atoms with van der Waals surface area (Å²) in [7, 11) is 0. The molecule has 0 fully saturated rings. The third-order valence-corrected chi connectivity index (χ3v) is 3.19. The minimum absolute atomic E-state index is 0.326. The Kier molecular flexibility index (Phi) is 3.50. The molecule has 5 nitrogen and oxygen atoms in total. The predicted molar refractivity (Wildman–Crippen MR) is 76.9 cm³/mol. The van der Waals surface area contributed by atoms with Crippen LogP contribution in [0.25, 0.3) is 11.0 Å². The lowest BCUT2D eigenvalue weighted by Gasteiger charge is -2.19. The molecule has 0 unspecified atom stereocenters. The van der Waals surface area contributed by atoms with E-state index in [-0.39, 0.29) is 0 Å². The highest BCUT2D eigenvalue weighted by Crippen LogP contribution is 2.27. The van der Waals surface area contributed by atoms with Gasteiger partial charge < -0.3 is 4.74 Å². The quantitative estimate of drug-likeness (QED) is 0.519. The number of carbonyl (C=O) groups is 1. The summed E-state index contributed by atoms with van der Waals surface area (Å²) in [4.78, 5) is 20.0. The normalized spacial score (nSPS) is 11.8. The van der Waals surface area contributed by atoms with Crippen LogP contribution in [0.15, 0.2) is 12.5 Å². The second-order valence-corrected chi connectivity index (χ2v) is 6.21. The molecule has 0 radical (unpaired) electrons. The molecule has 0 N–H and O–H groups in total. The summed E-state index contributed by atoms with van der Waals surface area (Å²) < 4.78 is 7.45. The summed E-state index contributed by atoms with van der Waals surface area (Å²) in [6.45, 7) is 5.43. The van der Waals surface area contributed by atoms with Crippen LogP contribution in [0.4, 0.5) is 4.79 Å². The average molecular weight is 380 g/mol. The van der Waals surface area contributed by atoms with Gasteiger partial charge in [0.1, 0.15) is 17.1 Å².